The Morgan fingerprint density at radius 1 is 0.862 bits per heavy atom. The summed E-state index contributed by atoms with van der Waals surface area (Å²) in [4.78, 5) is 15.2. The lowest BCUT2D eigenvalue weighted by Crippen LogP contribution is -2.47. The van der Waals surface area contributed by atoms with E-state index >= 15 is 0 Å². The third-order valence-electron chi connectivity index (χ3n) is 5.57. The summed E-state index contributed by atoms with van der Waals surface area (Å²) in [6.45, 7) is 7.03. The lowest BCUT2D eigenvalue weighted by atomic mass is 9.99. The molecule has 1 N–H and O–H groups in total. The van der Waals surface area contributed by atoms with Crippen molar-refractivity contribution in [3.05, 3.63) is 71.3 Å². The maximum absolute atomic E-state index is 13.3. The predicted molar refractivity (Wildman–Crippen MR) is 116 cm³/mol. The maximum atomic E-state index is 13.3. The van der Waals surface area contributed by atoms with Gasteiger partial charge in [0.05, 0.1) is 17.5 Å². The van der Waals surface area contributed by atoms with Crippen molar-refractivity contribution in [1.29, 1.82) is 0 Å². The van der Waals surface area contributed by atoms with Crippen LogP contribution in [0.1, 0.15) is 55.5 Å². The molecule has 156 valence electrons. The first-order chi connectivity index (χ1) is 13.8. The van der Waals surface area contributed by atoms with Crippen LogP contribution in [0.5, 0.6) is 0 Å². The van der Waals surface area contributed by atoms with Gasteiger partial charge >= 0.3 is 0 Å². The molecule has 0 aromatic heterocycles. The van der Waals surface area contributed by atoms with E-state index in [0.717, 1.165) is 11.1 Å². The van der Waals surface area contributed by atoms with Crippen molar-refractivity contribution < 1.29 is 13.2 Å². The van der Waals surface area contributed by atoms with Crippen LogP contribution < -0.4 is 5.32 Å². The topological polar surface area (TPSA) is 66.5 Å². The highest BCUT2D eigenvalue weighted by atomic mass is 32.2. The van der Waals surface area contributed by atoms with E-state index in [1.54, 1.807) is 0 Å². The van der Waals surface area contributed by atoms with Crippen molar-refractivity contribution in [2.45, 2.75) is 38.8 Å². The second-order valence-corrected chi connectivity index (χ2v) is 10.4. The second kappa shape index (κ2) is 9.09. The van der Waals surface area contributed by atoms with Crippen LogP contribution in [0.2, 0.25) is 0 Å². The molecule has 2 atom stereocenters. The fourth-order valence-corrected chi connectivity index (χ4v) is 4.92. The zero-order valence-corrected chi connectivity index (χ0v) is 18.2. The molecule has 6 heteroatoms. The van der Waals surface area contributed by atoms with Crippen molar-refractivity contribution in [3.63, 3.8) is 0 Å². The van der Waals surface area contributed by atoms with Crippen LogP contribution >= 0.6 is 0 Å². The van der Waals surface area contributed by atoms with Crippen molar-refractivity contribution in [2.24, 2.45) is 0 Å². The minimum Gasteiger partial charge on any atom is -0.348 e. The molecule has 2 aromatic carbocycles. The highest BCUT2D eigenvalue weighted by Gasteiger charge is 2.33. The molecule has 1 fully saturated rings. The van der Waals surface area contributed by atoms with Gasteiger partial charge in [0, 0.05) is 13.1 Å². The average Bonchev–Trinajstić information content (AvgIpc) is 2.70. The second-order valence-electron chi connectivity index (χ2n) is 8.05. The van der Waals surface area contributed by atoms with Gasteiger partial charge in [0.25, 0.3) is 0 Å². The van der Waals surface area contributed by atoms with E-state index in [4.69, 9.17) is 0 Å². The van der Waals surface area contributed by atoms with Crippen LogP contribution in [0.4, 0.5) is 0 Å². The molecular weight excluding hydrogens is 384 g/mol. The summed E-state index contributed by atoms with van der Waals surface area (Å²) in [6.07, 6.45) is 0. The quantitative estimate of drug-likeness (QED) is 0.786. The number of amides is 1. The zero-order chi connectivity index (χ0) is 21.0. The van der Waals surface area contributed by atoms with Crippen LogP contribution in [-0.2, 0) is 14.6 Å². The molecule has 5 nitrogen and oxygen atoms in total. The van der Waals surface area contributed by atoms with Gasteiger partial charge in [-0.05, 0) is 29.5 Å². The van der Waals surface area contributed by atoms with Crippen LogP contribution in [0, 0.1) is 0 Å². The molecule has 1 aliphatic heterocycles. The normalized spacial score (nSPS) is 18.9. The van der Waals surface area contributed by atoms with Crippen molar-refractivity contribution in [2.75, 3.05) is 24.6 Å². The molecule has 1 amide bonds. The Kier molecular flexibility index (Phi) is 6.75. The lowest BCUT2D eigenvalue weighted by molar-refractivity contribution is -0.127. The van der Waals surface area contributed by atoms with E-state index in [1.807, 2.05) is 42.2 Å². The predicted octanol–water partition coefficient (Wildman–Crippen LogP) is 3.46. The molecule has 0 radical (unpaired) electrons. The Bertz CT molecular complexity index is 910. The summed E-state index contributed by atoms with van der Waals surface area (Å²) >= 11 is 0. The van der Waals surface area contributed by atoms with E-state index in [9.17, 15) is 13.2 Å². The fourth-order valence-electron chi connectivity index (χ4n) is 3.69. The summed E-state index contributed by atoms with van der Waals surface area (Å²) in [7, 11) is -3.01. The number of nitrogens with one attached hydrogen (secondary N) is 1. The van der Waals surface area contributed by atoms with E-state index in [0.29, 0.717) is 19.0 Å². The molecule has 0 bridgehead atoms. The Labute approximate surface area is 174 Å². The van der Waals surface area contributed by atoms with E-state index in [2.05, 4.69) is 43.4 Å². The highest BCUT2D eigenvalue weighted by Crippen LogP contribution is 2.25. The molecule has 0 spiro atoms. The molecule has 1 aliphatic rings. The van der Waals surface area contributed by atoms with Gasteiger partial charge in [-0.3, -0.25) is 9.69 Å². The maximum Gasteiger partial charge on any atom is 0.242 e. The fraction of sp³-hybridized carbons (Fsp3) is 0.435. The van der Waals surface area contributed by atoms with Gasteiger partial charge in [-0.15, -0.1) is 0 Å². The number of nitrogens with zero attached hydrogens (tertiary/aromatic N) is 1. The molecule has 3 rings (SSSR count). The van der Waals surface area contributed by atoms with Crippen molar-refractivity contribution in [3.8, 4) is 0 Å². The summed E-state index contributed by atoms with van der Waals surface area (Å²) in [5.74, 6) is 0.550. The van der Waals surface area contributed by atoms with Gasteiger partial charge in [0.15, 0.2) is 9.84 Å². The van der Waals surface area contributed by atoms with Gasteiger partial charge in [0.2, 0.25) is 5.91 Å². The summed E-state index contributed by atoms with van der Waals surface area (Å²) in [5, 5.41) is 3.13. The number of hydrogen-bond donors (Lipinski definition) is 1. The number of hydrogen-bond acceptors (Lipinski definition) is 4. The number of carbonyl (C=O) groups is 1. The number of rotatable bonds is 6. The van der Waals surface area contributed by atoms with Crippen LogP contribution in [0.3, 0.4) is 0 Å². The van der Waals surface area contributed by atoms with Gasteiger partial charge in [0.1, 0.15) is 6.04 Å². The monoisotopic (exact) mass is 414 g/mol. The zero-order valence-electron chi connectivity index (χ0n) is 17.3. The number of carbonyl (C=O) groups excluding carboxylic acids is 1. The number of benzene rings is 2. The number of sulfone groups is 1. The molecule has 2 unspecified atom stereocenters. The smallest absolute Gasteiger partial charge is 0.242 e. The van der Waals surface area contributed by atoms with Crippen molar-refractivity contribution in [1.82, 2.24) is 10.2 Å². The van der Waals surface area contributed by atoms with E-state index in [1.165, 1.54) is 5.56 Å². The first-order valence-electron chi connectivity index (χ1n) is 10.2. The van der Waals surface area contributed by atoms with Crippen LogP contribution in [0.15, 0.2) is 54.6 Å². The summed E-state index contributed by atoms with van der Waals surface area (Å²) in [6, 6.07) is 17.3. The van der Waals surface area contributed by atoms with Crippen LogP contribution in [0.25, 0.3) is 0 Å². The first kappa shape index (κ1) is 21.5. The van der Waals surface area contributed by atoms with Gasteiger partial charge in [-0.1, -0.05) is 68.4 Å². The Morgan fingerprint density at radius 3 is 1.97 bits per heavy atom. The van der Waals surface area contributed by atoms with Gasteiger partial charge in [-0.25, -0.2) is 8.42 Å². The highest BCUT2D eigenvalue weighted by molar-refractivity contribution is 7.91. The molecule has 1 heterocycles. The van der Waals surface area contributed by atoms with E-state index in [-0.39, 0.29) is 23.5 Å². The largest absolute Gasteiger partial charge is 0.348 e. The third-order valence-corrected chi connectivity index (χ3v) is 7.18. The summed E-state index contributed by atoms with van der Waals surface area (Å²) < 4.78 is 23.7. The molecule has 0 aliphatic carbocycles. The Morgan fingerprint density at radius 2 is 1.41 bits per heavy atom. The molecule has 2 aromatic rings. The first-order valence-corrected chi connectivity index (χ1v) is 12.0. The average molecular weight is 415 g/mol. The Balaban J connectivity index is 1.77. The molecule has 29 heavy (non-hydrogen) atoms. The van der Waals surface area contributed by atoms with Crippen molar-refractivity contribution >= 4 is 15.7 Å². The Hall–Kier alpha value is -2.18. The minimum atomic E-state index is -3.01. The summed E-state index contributed by atoms with van der Waals surface area (Å²) in [5.41, 5.74) is 3.20. The SMILES string of the molecule is CC(C)c1ccc(C(C)NC(=O)C(c2ccccc2)N2CCS(=O)(=O)CC2)cc1. The molecule has 0 saturated carbocycles. The van der Waals surface area contributed by atoms with Gasteiger partial charge < -0.3 is 5.32 Å². The molecular formula is C23H30N2O3S. The van der Waals surface area contributed by atoms with Gasteiger partial charge in [-0.2, -0.15) is 0 Å². The molecule has 1 saturated heterocycles. The van der Waals surface area contributed by atoms with Crippen LogP contribution in [-0.4, -0.2) is 43.8 Å². The lowest BCUT2D eigenvalue weighted by Gasteiger charge is -2.34. The minimum absolute atomic E-state index is 0.0931. The standard InChI is InChI=1S/C23H30N2O3S/c1-17(2)19-9-11-20(12-10-19)18(3)24-23(26)22(21-7-5-4-6-8-21)25-13-15-29(27,28)16-14-25/h4-12,17-18,22H,13-16H2,1-3H3,(H,24,26). The van der Waals surface area contributed by atoms with E-state index < -0.39 is 15.9 Å². The third kappa shape index (κ3) is 5.46.